The number of aromatic nitrogens is 1. The molecule has 1 aliphatic rings. The van der Waals surface area contributed by atoms with Crippen molar-refractivity contribution in [2.24, 2.45) is 11.5 Å². The van der Waals surface area contributed by atoms with Crippen LogP contribution < -0.4 is 11.5 Å². The van der Waals surface area contributed by atoms with E-state index in [0.717, 1.165) is 37.7 Å². The molecule has 0 saturated carbocycles. The molecule has 0 fully saturated rings. The zero-order chi connectivity index (χ0) is 13.0. The number of benzene rings is 1. The second-order valence-corrected chi connectivity index (χ2v) is 5.62. The molecule has 0 spiro atoms. The van der Waals surface area contributed by atoms with Crippen LogP contribution in [0.1, 0.15) is 30.9 Å². The van der Waals surface area contributed by atoms with Crippen LogP contribution in [0, 0.1) is 0 Å². The molecular formula is C14H21N3S. The van der Waals surface area contributed by atoms with Gasteiger partial charge in [0.15, 0.2) is 0 Å². The zero-order valence-electron chi connectivity index (χ0n) is 10.9. The van der Waals surface area contributed by atoms with Crippen molar-refractivity contribution < 1.29 is 0 Å². The lowest BCUT2D eigenvalue weighted by atomic mass is 9.89. The summed E-state index contributed by atoms with van der Waals surface area (Å²) in [5, 5.41) is 0. The summed E-state index contributed by atoms with van der Waals surface area (Å²) in [5.74, 6) is 0. The third kappa shape index (κ3) is 3.07. The van der Waals surface area contributed by atoms with Gasteiger partial charge in [-0.05, 0) is 55.5 Å². The number of thiazole rings is 1. The van der Waals surface area contributed by atoms with Gasteiger partial charge in [0.25, 0.3) is 0 Å². The van der Waals surface area contributed by atoms with Crippen molar-refractivity contribution in [1.29, 1.82) is 0 Å². The molecule has 1 aromatic carbocycles. The van der Waals surface area contributed by atoms with Gasteiger partial charge in [0.1, 0.15) is 0 Å². The summed E-state index contributed by atoms with van der Waals surface area (Å²) < 4.78 is 1.29. The third-order valence-corrected chi connectivity index (χ3v) is 4.00. The van der Waals surface area contributed by atoms with Gasteiger partial charge in [0, 0.05) is 6.04 Å². The first-order valence-electron chi connectivity index (χ1n) is 6.55. The fourth-order valence-electron chi connectivity index (χ4n) is 2.14. The predicted octanol–water partition coefficient (Wildman–Crippen LogP) is 2.47. The monoisotopic (exact) mass is 263 g/mol. The van der Waals surface area contributed by atoms with Crippen molar-refractivity contribution in [2.75, 3.05) is 6.54 Å². The number of nitrogens with zero attached hydrogens (tertiary/aromatic N) is 1. The van der Waals surface area contributed by atoms with Crippen molar-refractivity contribution in [3.8, 4) is 0 Å². The van der Waals surface area contributed by atoms with Gasteiger partial charge in [0.2, 0.25) is 0 Å². The van der Waals surface area contributed by atoms with Crippen LogP contribution in [-0.2, 0) is 12.8 Å². The van der Waals surface area contributed by atoms with E-state index in [-0.39, 0.29) is 0 Å². The minimum Gasteiger partial charge on any atom is -0.330 e. The van der Waals surface area contributed by atoms with Gasteiger partial charge < -0.3 is 11.5 Å². The summed E-state index contributed by atoms with van der Waals surface area (Å²) in [7, 11) is 0. The number of nitrogens with two attached hydrogens (primary N) is 2. The van der Waals surface area contributed by atoms with Gasteiger partial charge in [-0.2, -0.15) is 0 Å². The number of hydrogen-bond acceptors (Lipinski definition) is 4. The first kappa shape index (κ1) is 13.5. The molecule has 0 aliphatic heterocycles. The maximum atomic E-state index is 5.96. The smallest absolute Gasteiger partial charge is 0.0814 e. The Morgan fingerprint density at radius 2 is 2.17 bits per heavy atom. The molecule has 1 unspecified atom stereocenters. The average molecular weight is 263 g/mol. The molecule has 4 N–H and O–H groups in total. The summed E-state index contributed by atoms with van der Waals surface area (Å²) in [6, 6.07) is 4.85. The van der Waals surface area contributed by atoms with Crippen molar-refractivity contribution in [2.45, 2.75) is 38.6 Å². The van der Waals surface area contributed by atoms with Crippen LogP contribution in [-0.4, -0.2) is 17.6 Å². The molecule has 1 atom stereocenters. The van der Waals surface area contributed by atoms with E-state index in [0.29, 0.717) is 6.04 Å². The average Bonchev–Trinajstić information content (AvgIpc) is 2.83. The summed E-state index contributed by atoms with van der Waals surface area (Å²) in [6.45, 7) is 2.88. The van der Waals surface area contributed by atoms with E-state index < -0.39 is 0 Å². The molecule has 2 aromatic rings. The van der Waals surface area contributed by atoms with Crippen LogP contribution in [0.15, 0.2) is 17.6 Å². The lowest BCUT2D eigenvalue weighted by molar-refractivity contribution is 0.577. The molecule has 1 aromatic heterocycles. The topological polar surface area (TPSA) is 64.9 Å². The van der Waals surface area contributed by atoms with Crippen LogP contribution >= 0.6 is 11.3 Å². The minimum absolute atomic E-state index is 0.355. The Morgan fingerprint density at radius 1 is 1.39 bits per heavy atom. The van der Waals surface area contributed by atoms with E-state index in [4.69, 9.17) is 11.5 Å². The van der Waals surface area contributed by atoms with Crippen LogP contribution in [0.2, 0.25) is 0 Å². The standard InChI is InChI=1S/C11H12N2S.C3H9N/c12-9-2-1-7-4-10-11(14-6-13-10)5-8(7)3-9;1-2-3-4/h4-6,9H,1-3,12H2;2-4H2,1H3. The summed E-state index contributed by atoms with van der Waals surface area (Å²) in [4.78, 5) is 4.33. The zero-order valence-corrected chi connectivity index (χ0v) is 11.7. The van der Waals surface area contributed by atoms with E-state index in [1.807, 2.05) is 5.51 Å². The Hall–Kier alpha value is -0.970. The molecule has 18 heavy (non-hydrogen) atoms. The third-order valence-electron chi connectivity index (χ3n) is 3.21. The largest absolute Gasteiger partial charge is 0.330 e. The Balaban J connectivity index is 0.000000267. The summed E-state index contributed by atoms with van der Waals surface area (Å²) in [6.07, 6.45) is 4.36. The second-order valence-electron chi connectivity index (χ2n) is 4.73. The maximum Gasteiger partial charge on any atom is 0.0814 e. The highest BCUT2D eigenvalue weighted by molar-refractivity contribution is 7.16. The molecule has 4 heteroatoms. The second kappa shape index (κ2) is 6.27. The fraction of sp³-hybridized carbons (Fsp3) is 0.500. The van der Waals surface area contributed by atoms with Crippen LogP contribution in [0.4, 0.5) is 0 Å². The fourth-order valence-corrected chi connectivity index (χ4v) is 2.86. The number of aryl methyl sites for hydroxylation is 1. The van der Waals surface area contributed by atoms with Crippen molar-refractivity contribution in [3.63, 3.8) is 0 Å². The van der Waals surface area contributed by atoms with E-state index in [2.05, 4.69) is 24.0 Å². The van der Waals surface area contributed by atoms with Gasteiger partial charge in [-0.3, -0.25) is 0 Å². The molecule has 0 bridgehead atoms. The first-order valence-corrected chi connectivity index (χ1v) is 7.43. The molecular weight excluding hydrogens is 242 g/mol. The van der Waals surface area contributed by atoms with E-state index in [1.54, 1.807) is 11.3 Å². The Kier molecular flexibility index (Phi) is 4.69. The summed E-state index contributed by atoms with van der Waals surface area (Å²) >= 11 is 1.71. The molecule has 3 rings (SSSR count). The SMILES string of the molecule is CCCN.NC1CCc2cc3ncsc3cc2C1. The minimum atomic E-state index is 0.355. The Labute approximate surface area is 112 Å². The van der Waals surface area contributed by atoms with Gasteiger partial charge in [-0.15, -0.1) is 11.3 Å². The van der Waals surface area contributed by atoms with Gasteiger partial charge in [-0.25, -0.2) is 4.98 Å². The first-order chi connectivity index (χ1) is 8.74. The van der Waals surface area contributed by atoms with Crippen LogP contribution in [0.3, 0.4) is 0 Å². The molecule has 98 valence electrons. The highest BCUT2D eigenvalue weighted by atomic mass is 32.1. The van der Waals surface area contributed by atoms with Crippen molar-refractivity contribution in [3.05, 3.63) is 28.8 Å². The maximum absolute atomic E-state index is 5.96. The molecule has 0 saturated heterocycles. The van der Waals surface area contributed by atoms with Crippen molar-refractivity contribution >= 4 is 21.6 Å². The lowest BCUT2D eigenvalue weighted by Gasteiger charge is -2.21. The lowest BCUT2D eigenvalue weighted by Crippen LogP contribution is -2.27. The van der Waals surface area contributed by atoms with Gasteiger partial charge in [0.05, 0.1) is 15.7 Å². The molecule has 0 radical (unpaired) electrons. The van der Waals surface area contributed by atoms with Crippen LogP contribution in [0.25, 0.3) is 10.2 Å². The summed E-state index contributed by atoms with van der Waals surface area (Å²) in [5.41, 5.74) is 16.9. The molecule has 3 nitrogen and oxygen atoms in total. The molecule has 1 aliphatic carbocycles. The molecule has 0 amide bonds. The van der Waals surface area contributed by atoms with Gasteiger partial charge >= 0.3 is 0 Å². The number of fused-ring (bicyclic) bond motifs is 2. The van der Waals surface area contributed by atoms with Crippen molar-refractivity contribution in [1.82, 2.24) is 4.98 Å². The normalized spacial score (nSPS) is 18.1. The van der Waals surface area contributed by atoms with E-state index in [9.17, 15) is 0 Å². The highest BCUT2D eigenvalue weighted by Gasteiger charge is 2.16. The van der Waals surface area contributed by atoms with E-state index in [1.165, 1.54) is 15.8 Å². The Morgan fingerprint density at radius 3 is 2.89 bits per heavy atom. The Bertz CT molecular complexity index is 505. The predicted molar refractivity (Wildman–Crippen MR) is 79.0 cm³/mol. The quantitative estimate of drug-likeness (QED) is 0.830. The van der Waals surface area contributed by atoms with Crippen LogP contribution in [0.5, 0.6) is 0 Å². The number of rotatable bonds is 1. The highest BCUT2D eigenvalue weighted by Crippen LogP contribution is 2.27. The van der Waals surface area contributed by atoms with E-state index >= 15 is 0 Å². The van der Waals surface area contributed by atoms with Gasteiger partial charge in [-0.1, -0.05) is 6.92 Å². The molecule has 1 heterocycles. The number of hydrogen-bond donors (Lipinski definition) is 2.